The fourth-order valence-corrected chi connectivity index (χ4v) is 2.58. The first kappa shape index (κ1) is 14.1. The minimum Gasteiger partial charge on any atom is -0.435 e. The lowest BCUT2D eigenvalue weighted by Gasteiger charge is -2.42. The van der Waals surface area contributed by atoms with Crippen molar-refractivity contribution < 1.29 is 13.5 Å². The second-order valence-corrected chi connectivity index (χ2v) is 5.12. The third kappa shape index (κ3) is 3.15. The van der Waals surface area contributed by atoms with E-state index in [0.29, 0.717) is 12.0 Å². The van der Waals surface area contributed by atoms with Crippen molar-refractivity contribution in [2.75, 3.05) is 11.4 Å². The maximum atomic E-state index is 12.1. The number of halogens is 2. The summed E-state index contributed by atoms with van der Waals surface area (Å²) in [6.07, 6.45) is 0.945. The number of benzene rings is 1. The number of hydrogen-bond donors (Lipinski definition) is 1. The Morgan fingerprint density at radius 3 is 2.47 bits per heavy atom. The van der Waals surface area contributed by atoms with Crippen molar-refractivity contribution in [3.8, 4) is 5.75 Å². The van der Waals surface area contributed by atoms with Crippen LogP contribution in [0.15, 0.2) is 24.3 Å². The first-order valence-corrected chi connectivity index (χ1v) is 6.56. The Balaban J connectivity index is 2.09. The van der Waals surface area contributed by atoms with E-state index in [1.807, 2.05) is 12.1 Å². The topological polar surface area (TPSA) is 38.5 Å². The number of rotatable bonds is 3. The van der Waals surface area contributed by atoms with Crippen molar-refractivity contribution in [2.24, 2.45) is 11.7 Å². The van der Waals surface area contributed by atoms with Gasteiger partial charge in [0.1, 0.15) is 5.75 Å². The van der Waals surface area contributed by atoms with Gasteiger partial charge in [0.15, 0.2) is 0 Å². The van der Waals surface area contributed by atoms with Crippen LogP contribution in [-0.4, -0.2) is 25.2 Å². The van der Waals surface area contributed by atoms with Gasteiger partial charge in [-0.3, -0.25) is 0 Å². The van der Waals surface area contributed by atoms with E-state index in [2.05, 4.69) is 23.5 Å². The predicted octanol–water partition coefficient (Wildman–Crippen LogP) is 2.85. The number of piperidine rings is 1. The van der Waals surface area contributed by atoms with Crippen molar-refractivity contribution in [3.63, 3.8) is 0 Å². The molecule has 5 heteroatoms. The van der Waals surface area contributed by atoms with Crippen molar-refractivity contribution in [1.29, 1.82) is 0 Å². The molecule has 0 saturated carbocycles. The quantitative estimate of drug-likeness (QED) is 0.918. The molecular weight excluding hydrogens is 250 g/mol. The lowest BCUT2D eigenvalue weighted by molar-refractivity contribution is -0.0498. The van der Waals surface area contributed by atoms with Crippen LogP contribution in [0.5, 0.6) is 5.75 Å². The molecule has 0 aromatic heterocycles. The molecule has 0 aliphatic carbocycles. The fraction of sp³-hybridized carbons (Fsp3) is 0.571. The van der Waals surface area contributed by atoms with E-state index >= 15 is 0 Å². The molecule has 1 aromatic rings. The van der Waals surface area contributed by atoms with E-state index in [9.17, 15) is 8.78 Å². The Kier molecular flexibility index (Phi) is 4.24. The van der Waals surface area contributed by atoms with Gasteiger partial charge in [0.05, 0.1) is 0 Å². The van der Waals surface area contributed by atoms with Crippen LogP contribution in [0.1, 0.15) is 20.3 Å². The van der Waals surface area contributed by atoms with Crippen LogP contribution in [-0.2, 0) is 0 Å². The largest absolute Gasteiger partial charge is 0.435 e. The molecule has 1 aromatic carbocycles. The second-order valence-electron chi connectivity index (χ2n) is 5.12. The zero-order valence-corrected chi connectivity index (χ0v) is 11.2. The van der Waals surface area contributed by atoms with Crippen molar-refractivity contribution in [1.82, 2.24) is 0 Å². The fourth-order valence-electron chi connectivity index (χ4n) is 2.58. The minimum absolute atomic E-state index is 0.188. The molecule has 19 heavy (non-hydrogen) atoms. The molecule has 1 aliphatic heterocycles. The van der Waals surface area contributed by atoms with Crippen LogP contribution in [0.2, 0.25) is 0 Å². The first-order chi connectivity index (χ1) is 8.99. The van der Waals surface area contributed by atoms with Gasteiger partial charge < -0.3 is 15.4 Å². The lowest BCUT2D eigenvalue weighted by atomic mass is 9.87. The smallest absolute Gasteiger partial charge is 0.387 e. The summed E-state index contributed by atoms with van der Waals surface area (Å²) in [4.78, 5) is 2.26. The van der Waals surface area contributed by atoms with Gasteiger partial charge in [-0.25, -0.2) is 0 Å². The second kappa shape index (κ2) is 5.74. The van der Waals surface area contributed by atoms with Crippen LogP contribution in [0.25, 0.3) is 0 Å². The van der Waals surface area contributed by atoms with Gasteiger partial charge in [-0.2, -0.15) is 8.78 Å². The standard InChI is InChI=1S/C14H20F2N2O/c1-9-10(2)18(8-7-13(9)17)11-3-5-12(6-4-11)19-14(15)16/h3-6,9-10,13-14H,7-8,17H2,1-2H3. The molecule has 1 fully saturated rings. The molecule has 3 atom stereocenters. The molecule has 2 rings (SSSR count). The number of hydrogen-bond acceptors (Lipinski definition) is 3. The average Bonchev–Trinajstić information content (AvgIpc) is 2.37. The summed E-state index contributed by atoms with van der Waals surface area (Å²) in [5.41, 5.74) is 7.08. The van der Waals surface area contributed by atoms with E-state index in [1.54, 1.807) is 12.1 Å². The van der Waals surface area contributed by atoms with Crippen LogP contribution < -0.4 is 15.4 Å². The summed E-state index contributed by atoms with van der Waals surface area (Å²) < 4.78 is 28.5. The summed E-state index contributed by atoms with van der Waals surface area (Å²) in [7, 11) is 0. The van der Waals surface area contributed by atoms with Crippen molar-refractivity contribution >= 4 is 5.69 Å². The van der Waals surface area contributed by atoms with Gasteiger partial charge in [-0.15, -0.1) is 0 Å². The SMILES string of the molecule is CC1C(N)CCN(c2ccc(OC(F)F)cc2)C1C. The summed E-state index contributed by atoms with van der Waals surface area (Å²) >= 11 is 0. The molecule has 3 unspecified atom stereocenters. The molecule has 1 saturated heterocycles. The zero-order valence-electron chi connectivity index (χ0n) is 11.2. The lowest BCUT2D eigenvalue weighted by Crippen LogP contribution is -2.51. The number of nitrogens with zero attached hydrogens (tertiary/aromatic N) is 1. The molecule has 0 bridgehead atoms. The van der Waals surface area contributed by atoms with Gasteiger partial charge >= 0.3 is 6.61 Å². The monoisotopic (exact) mass is 270 g/mol. The third-order valence-electron chi connectivity index (χ3n) is 4.02. The van der Waals surface area contributed by atoms with Gasteiger partial charge in [-0.1, -0.05) is 6.92 Å². The van der Waals surface area contributed by atoms with Crippen LogP contribution in [0, 0.1) is 5.92 Å². The molecule has 1 aliphatic rings. The number of anilines is 1. The summed E-state index contributed by atoms with van der Waals surface area (Å²) in [6, 6.07) is 7.36. The van der Waals surface area contributed by atoms with Crippen LogP contribution >= 0.6 is 0 Å². The highest BCUT2D eigenvalue weighted by molar-refractivity contribution is 5.50. The Morgan fingerprint density at radius 2 is 1.89 bits per heavy atom. The highest BCUT2D eigenvalue weighted by Crippen LogP contribution is 2.29. The van der Waals surface area contributed by atoms with E-state index < -0.39 is 6.61 Å². The molecule has 0 amide bonds. The van der Waals surface area contributed by atoms with E-state index in [1.165, 1.54) is 0 Å². The molecular formula is C14H20F2N2O. The van der Waals surface area contributed by atoms with E-state index in [-0.39, 0.29) is 11.8 Å². The van der Waals surface area contributed by atoms with E-state index in [4.69, 9.17) is 5.73 Å². The molecule has 0 radical (unpaired) electrons. The maximum absolute atomic E-state index is 12.1. The third-order valence-corrected chi connectivity index (χ3v) is 4.02. The van der Waals surface area contributed by atoms with Crippen LogP contribution in [0.3, 0.4) is 0 Å². The number of ether oxygens (including phenoxy) is 1. The average molecular weight is 270 g/mol. The molecule has 2 N–H and O–H groups in total. The van der Waals surface area contributed by atoms with Crippen LogP contribution in [0.4, 0.5) is 14.5 Å². The van der Waals surface area contributed by atoms with Crippen molar-refractivity contribution in [2.45, 2.75) is 39.0 Å². The Bertz CT molecular complexity index is 410. The normalized spacial score (nSPS) is 27.7. The highest BCUT2D eigenvalue weighted by atomic mass is 19.3. The number of alkyl halides is 2. The number of nitrogens with two attached hydrogens (primary N) is 1. The van der Waals surface area contributed by atoms with Gasteiger partial charge in [0.25, 0.3) is 0 Å². The Labute approximate surface area is 112 Å². The maximum Gasteiger partial charge on any atom is 0.387 e. The first-order valence-electron chi connectivity index (χ1n) is 6.56. The summed E-state index contributed by atoms with van der Waals surface area (Å²) in [5, 5.41) is 0. The molecule has 1 heterocycles. The van der Waals surface area contributed by atoms with Gasteiger partial charge in [0, 0.05) is 24.3 Å². The van der Waals surface area contributed by atoms with E-state index in [0.717, 1.165) is 18.7 Å². The van der Waals surface area contributed by atoms with Gasteiger partial charge in [0.2, 0.25) is 0 Å². The van der Waals surface area contributed by atoms with Gasteiger partial charge in [-0.05, 0) is 43.5 Å². The zero-order chi connectivity index (χ0) is 14.0. The Hall–Kier alpha value is -1.36. The Morgan fingerprint density at radius 1 is 1.26 bits per heavy atom. The molecule has 0 spiro atoms. The summed E-state index contributed by atoms with van der Waals surface area (Å²) in [6.45, 7) is 2.41. The predicted molar refractivity (Wildman–Crippen MR) is 71.6 cm³/mol. The highest BCUT2D eigenvalue weighted by Gasteiger charge is 2.30. The molecule has 3 nitrogen and oxygen atoms in total. The van der Waals surface area contributed by atoms with Crippen molar-refractivity contribution in [3.05, 3.63) is 24.3 Å². The minimum atomic E-state index is -2.78. The molecule has 106 valence electrons. The summed E-state index contributed by atoms with van der Waals surface area (Å²) in [5.74, 6) is 0.596.